The van der Waals surface area contributed by atoms with Gasteiger partial charge in [-0.1, -0.05) is 0 Å². The number of hydrogen-bond donors (Lipinski definition) is 1. The fourth-order valence-corrected chi connectivity index (χ4v) is 3.54. The fraction of sp³-hybridized carbons (Fsp3) is 0.471. The lowest BCUT2D eigenvalue weighted by molar-refractivity contribution is 0.0773. The van der Waals surface area contributed by atoms with Crippen LogP contribution in [0.4, 0.5) is 0 Å². The van der Waals surface area contributed by atoms with E-state index in [1.165, 1.54) is 0 Å². The van der Waals surface area contributed by atoms with Crippen LogP contribution in [-0.4, -0.2) is 75.6 Å². The summed E-state index contributed by atoms with van der Waals surface area (Å²) in [5.74, 6) is 0.813. The van der Waals surface area contributed by atoms with Crippen molar-refractivity contribution in [3.8, 4) is 5.82 Å². The topological polar surface area (TPSA) is 66.3 Å². The van der Waals surface area contributed by atoms with Gasteiger partial charge in [0.1, 0.15) is 12.1 Å². The van der Waals surface area contributed by atoms with Crippen molar-refractivity contribution in [2.24, 2.45) is 0 Å². The Balaban J connectivity index is 1.45. The fourth-order valence-electron chi connectivity index (χ4n) is 3.54. The molecule has 2 fully saturated rings. The number of carbonyl (C=O) groups is 1. The van der Waals surface area contributed by atoms with Crippen LogP contribution < -0.4 is 5.32 Å². The van der Waals surface area contributed by atoms with Crippen molar-refractivity contribution in [3.05, 3.63) is 42.6 Å². The molecule has 0 aromatic carbocycles. The van der Waals surface area contributed by atoms with Crippen LogP contribution in [-0.2, 0) is 0 Å². The molecule has 24 heavy (non-hydrogen) atoms. The number of imidazole rings is 1. The number of likely N-dealkylation sites (tertiary alicyclic amines) is 1. The number of nitrogens with zero attached hydrogens (tertiary/aromatic N) is 5. The first-order chi connectivity index (χ1) is 11.8. The molecule has 2 aliphatic heterocycles. The number of nitrogens with one attached hydrogen (secondary N) is 1. The van der Waals surface area contributed by atoms with E-state index < -0.39 is 0 Å². The van der Waals surface area contributed by atoms with Gasteiger partial charge in [0.2, 0.25) is 0 Å². The number of amides is 1. The summed E-state index contributed by atoms with van der Waals surface area (Å²) < 4.78 is 1.81. The first-order valence-corrected chi connectivity index (χ1v) is 8.50. The Labute approximate surface area is 141 Å². The zero-order chi connectivity index (χ0) is 16.4. The van der Waals surface area contributed by atoms with Gasteiger partial charge in [-0.05, 0) is 18.6 Å². The van der Waals surface area contributed by atoms with Gasteiger partial charge in [-0.2, -0.15) is 0 Å². The molecule has 1 atom stereocenters. The highest BCUT2D eigenvalue weighted by Crippen LogP contribution is 2.19. The number of hydrogen-bond acceptors (Lipinski definition) is 5. The van der Waals surface area contributed by atoms with Gasteiger partial charge in [-0.25, -0.2) is 9.97 Å². The van der Waals surface area contributed by atoms with Gasteiger partial charge in [-0.15, -0.1) is 0 Å². The van der Waals surface area contributed by atoms with E-state index in [1.807, 2.05) is 21.7 Å². The second kappa shape index (κ2) is 6.70. The number of aromatic nitrogens is 3. The molecule has 7 heteroatoms. The molecule has 0 spiro atoms. The van der Waals surface area contributed by atoms with Crippen LogP contribution in [0.25, 0.3) is 5.82 Å². The molecule has 0 aliphatic carbocycles. The predicted octanol–water partition coefficient (Wildman–Crippen LogP) is 0.387. The minimum absolute atomic E-state index is 0.0939. The third-order valence-electron chi connectivity index (χ3n) is 4.88. The molecule has 0 bridgehead atoms. The Hall–Kier alpha value is -2.25. The Morgan fingerprint density at radius 1 is 1.21 bits per heavy atom. The lowest BCUT2D eigenvalue weighted by atomic mass is 10.2. The SMILES string of the molecule is O=C(c1ccnc(-n2ccnc2)c1)N1CCC(N2CCNCC2)C1. The zero-order valence-electron chi connectivity index (χ0n) is 13.6. The van der Waals surface area contributed by atoms with Crippen LogP contribution in [0, 0.1) is 0 Å². The van der Waals surface area contributed by atoms with Crippen LogP contribution in [0.5, 0.6) is 0 Å². The van der Waals surface area contributed by atoms with Crippen molar-refractivity contribution in [2.75, 3.05) is 39.3 Å². The minimum Gasteiger partial charge on any atom is -0.337 e. The average molecular weight is 326 g/mol. The first-order valence-electron chi connectivity index (χ1n) is 8.50. The van der Waals surface area contributed by atoms with Crippen molar-refractivity contribution in [1.29, 1.82) is 0 Å². The summed E-state index contributed by atoms with van der Waals surface area (Å²) in [4.78, 5) is 25.7. The van der Waals surface area contributed by atoms with Crippen LogP contribution >= 0.6 is 0 Å². The van der Waals surface area contributed by atoms with Crippen molar-refractivity contribution < 1.29 is 4.79 Å². The summed E-state index contributed by atoms with van der Waals surface area (Å²) in [5, 5.41) is 3.38. The molecule has 7 nitrogen and oxygen atoms in total. The molecule has 2 aromatic heterocycles. The average Bonchev–Trinajstić information content (AvgIpc) is 3.34. The maximum absolute atomic E-state index is 12.8. The predicted molar refractivity (Wildman–Crippen MR) is 90.1 cm³/mol. The highest BCUT2D eigenvalue weighted by Gasteiger charge is 2.31. The molecule has 0 saturated carbocycles. The molecule has 2 saturated heterocycles. The van der Waals surface area contributed by atoms with E-state index in [-0.39, 0.29) is 5.91 Å². The second-order valence-electron chi connectivity index (χ2n) is 6.35. The molecule has 1 amide bonds. The number of piperazine rings is 1. The van der Waals surface area contributed by atoms with Gasteiger partial charge in [0, 0.05) is 69.5 Å². The summed E-state index contributed by atoms with van der Waals surface area (Å²) in [6, 6.07) is 4.12. The molecular weight excluding hydrogens is 304 g/mol. The molecule has 1 N–H and O–H groups in total. The Morgan fingerprint density at radius 2 is 2.08 bits per heavy atom. The first kappa shape index (κ1) is 15.3. The third-order valence-corrected chi connectivity index (χ3v) is 4.88. The molecule has 4 heterocycles. The van der Waals surface area contributed by atoms with Crippen LogP contribution in [0.15, 0.2) is 37.1 Å². The summed E-state index contributed by atoms with van der Waals surface area (Å²) in [6.45, 7) is 5.89. The maximum Gasteiger partial charge on any atom is 0.254 e. The second-order valence-corrected chi connectivity index (χ2v) is 6.35. The van der Waals surface area contributed by atoms with Crippen molar-refractivity contribution in [3.63, 3.8) is 0 Å². The Bertz CT molecular complexity index is 695. The van der Waals surface area contributed by atoms with Crippen LogP contribution in [0.2, 0.25) is 0 Å². The van der Waals surface area contributed by atoms with E-state index in [0.29, 0.717) is 11.6 Å². The van der Waals surface area contributed by atoms with Gasteiger partial charge < -0.3 is 10.2 Å². The molecule has 4 rings (SSSR count). The van der Waals surface area contributed by atoms with Crippen molar-refractivity contribution in [2.45, 2.75) is 12.5 Å². The molecular formula is C17H22N6O. The molecule has 1 unspecified atom stereocenters. The summed E-state index contributed by atoms with van der Waals surface area (Å²) in [5.41, 5.74) is 0.690. The smallest absolute Gasteiger partial charge is 0.254 e. The van der Waals surface area contributed by atoms with Gasteiger partial charge in [-0.3, -0.25) is 14.3 Å². The van der Waals surface area contributed by atoms with Gasteiger partial charge in [0.25, 0.3) is 5.91 Å². The quantitative estimate of drug-likeness (QED) is 0.884. The zero-order valence-corrected chi connectivity index (χ0v) is 13.6. The van der Waals surface area contributed by atoms with E-state index in [1.54, 1.807) is 24.8 Å². The van der Waals surface area contributed by atoms with Crippen molar-refractivity contribution in [1.82, 2.24) is 29.7 Å². The summed E-state index contributed by atoms with van der Waals surface area (Å²) in [6.07, 6.45) is 7.96. The largest absolute Gasteiger partial charge is 0.337 e. The maximum atomic E-state index is 12.8. The third kappa shape index (κ3) is 3.05. The van der Waals surface area contributed by atoms with Crippen LogP contribution in [0.3, 0.4) is 0 Å². The van der Waals surface area contributed by atoms with E-state index in [0.717, 1.165) is 51.5 Å². The van der Waals surface area contributed by atoms with E-state index >= 15 is 0 Å². The van der Waals surface area contributed by atoms with Crippen molar-refractivity contribution >= 4 is 5.91 Å². The van der Waals surface area contributed by atoms with E-state index in [9.17, 15) is 4.79 Å². The Kier molecular flexibility index (Phi) is 4.27. The highest BCUT2D eigenvalue weighted by atomic mass is 16.2. The van der Waals surface area contributed by atoms with E-state index in [4.69, 9.17) is 0 Å². The number of rotatable bonds is 3. The molecule has 2 aliphatic rings. The summed E-state index contributed by atoms with van der Waals surface area (Å²) in [7, 11) is 0. The number of carbonyl (C=O) groups excluding carboxylic acids is 1. The highest BCUT2D eigenvalue weighted by molar-refractivity contribution is 5.94. The van der Waals surface area contributed by atoms with Gasteiger partial charge in [0.05, 0.1) is 0 Å². The molecule has 0 radical (unpaired) electrons. The van der Waals surface area contributed by atoms with Gasteiger partial charge in [0.15, 0.2) is 0 Å². The van der Waals surface area contributed by atoms with Gasteiger partial charge >= 0.3 is 0 Å². The van der Waals surface area contributed by atoms with Crippen LogP contribution in [0.1, 0.15) is 16.8 Å². The Morgan fingerprint density at radius 3 is 2.88 bits per heavy atom. The number of pyridine rings is 1. The molecule has 126 valence electrons. The lowest BCUT2D eigenvalue weighted by Crippen LogP contribution is -2.49. The summed E-state index contributed by atoms with van der Waals surface area (Å²) >= 11 is 0. The standard InChI is InChI=1S/C17H22N6O/c24-17(14-1-3-20-16(11-14)23-10-6-19-13-23)22-7-2-15(12-22)21-8-4-18-5-9-21/h1,3,6,10-11,13,15,18H,2,4-5,7-9,12H2. The van der Waals surface area contributed by atoms with E-state index in [2.05, 4.69) is 20.2 Å². The minimum atomic E-state index is 0.0939. The lowest BCUT2D eigenvalue weighted by Gasteiger charge is -2.32. The normalized spacial score (nSPS) is 22.0. The monoisotopic (exact) mass is 326 g/mol. The molecule has 2 aromatic rings.